The van der Waals surface area contributed by atoms with Gasteiger partial charge in [-0.15, -0.1) is 0 Å². The highest BCUT2D eigenvalue weighted by molar-refractivity contribution is 6.56. The van der Waals surface area contributed by atoms with Crippen LogP contribution in [0.25, 0.3) is 0 Å². The maximum Gasteiger partial charge on any atom is 0.267 e. The fourth-order valence-electron chi connectivity index (χ4n) is 3.44. The van der Waals surface area contributed by atoms with Crippen molar-refractivity contribution >= 4 is 63.9 Å². The second-order valence-electron chi connectivity index (χ2n) is 6.79. The van der Waals surface area contributed by atoms with Crippen molar-refractivity contribution in [2.75, 3.05) is 4.90 Å². The number of phenols is 1. The van der Waals surface area contributed by atoms with Crippen LogP contribution >= 0.6 is 46.4 Å². The number of imide groups is 1. The largest absolute Gasteiger partial charge is 0.508 e. The zero-order valence-electron chi connectivity index (χ0n) is 15.3. The van der Waals surface area contributed by atoms with Crippen LogP contribution in [-0.2, 0) is 12.8 Å². The predicted octanol–water partition coefficient (Wildman–Crippen LogP) is 6.59. The lowest BCUT2D eigenvalue weighted by atomic mass is 10.0. The Hall–Kier alpha value is -2.24. The van der Waals surface area contributed by atoms with Crippen molar-refractivity contribution in [1.82, 2.24) is 0 Å². The van der Waals surface area contributed by atoms with Crippen molar-refractivity contribution in [3.05, 3.63) is 90.9 Å². The Balaban J connectivity index is 1.66. The average Bonchev–Trinajstić information content (AvgIpc) is 2.99. The molecule has 8 heteroatoms. The monoisotopic (exact) mass is 479 g/mol. The third kappa shape index (κ3) is 3.54. The molecule has 0 spiro atoms. The standard InChI is InChI=1S/C22H13Cl4NO3/c23-17-15-16(18(24)20(26)19(17)25)22(30)27(21(15)29)13-5-1-3-11(9-13)7-8-12-4-2-6-14(28)10-12/h1-6,9-10,28H,7-8H2. The molecule has 0 bridgehead atoms. The van der Waals surface area contributed by atoms with Crippen LogP contribution in [0.3, 0.4) is 0 Å². The predicted molar refractivity (Wildman–Crippen MR) is 120 cm³/mol. The summed E-state index contributed by atoms with van der Waals surface area (Å²) >= 11 is 24.5. The van der Waals surface area contributed by atoms with E-state index in [1.807, 2.05) is 12.1 Å². The summed E-state index contributed by atoms with van der Waals surface area (Å²) in [6, 6.07) is 14.1. The number of hydrogen-bond donors (Lipinski definition) is 1. The van der Waals surface area contributed by atoms with Gasteiger partial charge in [0.25, 0.3) is 11.8 Å². The number of halogens is 4. The van der Waals surface area contributed by atoms with Gasteiger partial charge in [0.1, 0.15) is 5.75 Å². The lowest BCUT2D eigenvalue weighted by Gasteiger charge is -2.15. The lowest BCUT2D eigenvalue weighted by Crippen LogP contribution is -2.29. The molecule has 0 aliphatic carbocycles. The molecule has 1 N–H and O–H groups in total. The first-order valence-electron chi connectivity index (χ1n) is 8.91. The molecule has 4 rings (SSSR count). The van der Waals surface area contributed by atoms with E-state index in [1.54, 1.807) is 36.4 Å². The van der Waals surface area contributed by atoms with Gasteiger partial charge in [-0.2, -0.15) is 0 Å². The molecule has 4 nitrogen and oxygen atoms in total. The van der Waals surface area contributed by atoms with E-state index in [1.165, 1.54) is 0 Å². The van der Waals surface area contributed by atoms with Gasteiger partial charge < -0.3 is 5.11 Å². The molecule has 0 saturated heterocycles. The number of hydrogen-bond acceptors (Lipinski definition) is 3. The third-order valence-electron chi connectivity index (χ3n) is 4.88. The van der Waals surface area contributed by atoms with E-state index in [0.717, 1.165) is 16.0 Å². The van der Waals surface area contributed by atoms with Gasteiger partial charge in [-0.1, -0.05) is 70.7 Å². The molecule has 1 aliphatic heterocycles. The molecule has 152 valence electrons. The Morgan fingerprint density at radius 2 is 1.20 bits per heavy atom. The van der Waals surface area contributed by atoms with Gasteiger partial charge in [0.2, 0.25) is 0 Å². The number of benzene rings is 3. The summed E-state index contributed by atoms with van der Waals surface area (Å²) in [5.41, 5.74) is 2.19. The van der Waals surface area contributed by atoms with Gasteiger partial charge in [-0.25, -0.2) is 4.90 Å². The molecular formula is C22H13Cl4NO3. The van der Waals surface area contributed by atoms with Gasteiger partial charge in [0.05, 0.1) is 36.9 Å². The Bertz CT molecular complexity index is 1160. The van der Waals surface area contributed by atoms with Crippen LogP contribution in [0.2, 0.25) is 20.1 Å². The van der Waals surface area contributed by atoms with E-state index in [4.69, 9.17) is 46.4 Å². The number of anilines is 1. The Morgan fingerprint density at radius 1 is 0.700 bits per heavy atom. The maximum atomic E-state index is 13.0. The van der Waals surface area contributed by atoms with Crippen molar-refractivity contribution in [2.24, 2.45) is 0 Å². The quantitative estimate of drug-likeness (QED) is 0.260. The minimum Gasteiger partial charge on any atom is -0.508 e. The number of phenolic OH excluding ortho intramolecular Hbond substituents is 1. The summed E-state index contributed by atoms with van der Waals surface area (Å²) in [7, 11) is 0. The fraction of sp³-hybridized carbons (Fsp3) is 0.0909. The van der Waals surface area contributed by atoms with E-state index in [-0.39, 0.29) is 37.0 Å². The summed E-state index contributed by atoms with van der Waals surface area (Å²) in [5, 5.41) is 9.28. The van der Waals surface area contributed by atoms with Gasteiger partial charge in [-0.05, 0) is 48.2 Å². The number of carbonyl (C=O) groups is 2. The molecule has 0 saturated carbocycles. The van der Waals surface area contributed by atoms with Crippen LogP contribution in [-0.4, -0.2) is 16.9 Å². The molecule has 2 amide bonds. The highest BCUT2D eigenvalue weighted by Crippen LogP contribution is 2.45. The molecule has 0 aromatic heterocycles. The van der Waals surface area contributed by atoms with E-state index >= 15 is 0 Å². The molecule has 0 unspecified atom stereocenters. The summed E-state index contributed by atoms with van der Waals surface area (Å²) in [6.45, 7) is 0. The van der Waals surface area contributed by atoms with Gasteiger partial charge >= 0.3 is 0 Å². The van der Waals surface area contributed by atoms with Crippen molar-refractivity contribution in [3.63, 3.8) is 0 Å². The second-order valence-corrected chi connectivity index (χ2v) is 8.30. The first-order chi connectivity index (χ1) is 14.3. The normalized spacial score (nSPS) is 13.1. The molecule has 3 aromatic rings. The fourth-order valence-corrected chi connectivity index (χ4v) is 4.45. The first-order valence-corrected chi connectivity index (χ1v) is 10.4. The highest BCUT2D eigenvalue weighted by Gasteiger charge is 2.42. The highest BCUT2D eigenvalue weighted by atomic mass is 35.5. The Labute approximate surface area is 192 Å². The Kier molecular flexibility index (Phi) is 5.69. The second kappa shape index (κ2) is 8.12. The van der Waals surface area contributed by atoms with Crippen LogP contribution < -0.4 is 4.90 Å². The van der Waals surface area contributed by atoms with Crippen molar-refractivity contribution in [1.29, 1.82) is 0 Å². The minimum absolute atomic E-state index is 0.0498. The average molecular weight is 481 g/mol. The molecule has 0 radical (unpaired) electrons. The van der Waals surface area contributed by atoms with E-state index in [0.29, 0.717) is 18.5 Å². The number of amides is 2. The minimum atomic E-state index is -0.606. The van der Waals surface area contributed by atoms with Crippen molar-refractivity contribution < 1.29 is 14.7 Å². The molecular weight excluding hydrogens is 468 g/mol. The van der Waals surface area contributed by atoms with Crippen LogP contribution in [0.4, 0.5) is 5.69 Å². The topological polar surface area (TPSA) is 57.6 Å². The smallest absolute Gasteiger partial charge is 0.267 e. The number of nitrogens with zero attached hydrogens (tertiary/aromatic N) is 1. The van der Waals surface area contributed by atoms with Crippen LogP contribution in [0.1, 0.15) is 31.8 Å². The van der Waals surface area contributed by atoms with E-state index in [2.05, 4.69) is 0 Å². The van der Waals surface area contributed by atoms with Crippen LogP contribution in [0, 0.1) is 0 Å². The van der Waals surface area contributed by atoms with Gasteiger partial charge in [0, 0.05) is 0 Å². The Morgan fingerprint density at radius 3 is 1.73 bits per heavy atom. The van der Waals surface area contributed by atoms with E-state index in [9.17, 15) is 14.7 Å². The first kappa shape index (κ1) is 21.0. The maximum absolute atomic E-state index is 13.0. The molecule has 0 atom stereocenters. The van der Waals surface area contributed by atoms with Crippen molar-refractivity contribution in [3.8, 4) is 5.75 Å². The van der Waals surface area contributed by atoms with E-state index < -0.39 is 11.8 Å². The lowest BCUT2D eigenvalue weighted by molar-refractivity contribution is 0.0926. The summed E-state index contributed by atoms with van der Waals surface area (Å²) < 4.78 is 0. The van der Waals surface area contributed by atoms with Crippen molar-refractivity contribution in [2.45, 2.75) is 12.8 Å². The number of rotatable bonds is 4. The zero-order valence-corrected chi connectivity index (χ0v) is 18.3. The number of aromatic hydroxyl groups is 1. The SMILES string of the molecule is O=C1c2c(Cl)c(Cl)c(Cl)c(Cl)c2C(=O)N1c1cccc(CCc2cccc(O)c2)c1. The summed E-state index contributed by atoms with van der Waals surface area (Å²) in [6.07, 6.45) is 1.34. The zero-order chi connectivity index (χ0) is 21.6. The summed E-state index contributed by atoms with van der Waals surface area (Å²) in [5.74, 6) is -1.01. The molecule has 30 heavy (non-hydrogen) atoms. The summed E-state index contributed by atoms with van der Waals surface area (Å²) in [4.78, 5) is 27.0. The van der Waals surface area contributed by atoms with Crippen LogP contribution in [0.5, 0.6) is 5.75 Å². The third-order valence-corrected chi connectivity index (χ3v) is 6.68. The molecule has 3 aromatic carbocycles. The number of fused-ring (bicyclic) bond motifs is 1. The van der Waals surface area contributed by atoms with Crippen LogP contribution in [0.15, 0.2) is 48.5 Å². The molecule has 1 heterocycles. The molecule has 0 fully saturated rings. The number of carbonyl (C=O) groups excluding carboxylic acids is 2. The number of aryl methyl sites for hydroxylation is 2. The molecule has 1 aliphatic rings. The van der Waals surface area contributed by atoms with Gasteiger partial charge in [0.15, 0.2) is 0 Å². The van der Waals surface area contributed by atoms with Gasteiger partial charge in [-0.3, -0.25) is 9.59 Å².